The van der Waals surface area contributed by atoms with Crippen molar-refractivity contribution in [3.05, 3.63) is 29.6 Å². The van der Waals surface area contributed by atoms with E-state index >= 15 is 0 Å². The SMILES string of the molecule is CC1CC(C(=O)O)CN(Cc2ccc(OCC(F)(F)F)c(F)c2)C1. The van der Waals surface area contributed by atoms with Gasteiger partial charge in [0.15, 0.2) is 18.2 Å². The van der Waals surface area contributed by atoms with Crippen LogP contribution in [0.5, 0.6) is 5.75 Å². The minimum absolute atomic E-state index is 0.207. The summed E-state index contributed by atoms with van der Waals surface area (Å²) in [5.41, 5.74) is 0.560. The minimum atomic E-state index is -4.53. The van der Waals surface area contributed by atoms with Crippen LogP contribution in [0.3, 0.4) is 0 Å². The Balaban J connectivity index is 2.00. The Morgan fingerprint density at radius 1 is 1.38 bits per heavy atom. The number of hydrogen-bond donors (Lipinski definition) is 1. The summed E-state index contributed by atoms with van der Waals surface area (Å²) in [5, 5.41) is 9.15. The van der Waals surface area contributed by atoms with Crippen molar-refractivity contribution in [1.29, 1.82) is 0 Å². The van der Waals surface area contributed by atoms with Crippen molar-refractivity contribution < 1.29 is 32.2 Å². The highest BCUT2D eigenvalue weighted by atomic mass is 19.4. The van der Waals surface area contributed by atoms with Gasteiger partial charge in [-0.1, -0.05) is 13.0 Å². The van der Waals surface area contributed by atoms with Gasteiger partial charge in [-0.05, 0) is 30.0 Å². The van der Waals surface area contributed by atoms with Gasteiger partial charge in [0, 0.05) is 19.6 Å². The number of carbonyl (C=O) groups is 1. The van der Waals surface area contributed by atoms with Crippen LogP contribution in [0.1, 0.15) is 18.9 Å². The van der Waals surface area contributed by atoms with E-state index in [1.807, 2.05) is 11.8 Å². The molecule has 1 aromatic rings. The van der Waals surface area contributed by atoms with Crippen LogP contribution in [0.2, 0.25) is 0 Å². The summed E-state index contributed by atoms with van der Waals surface area (Å²) in [6.07, 6.45) is -3.93. The molecule has 8 heteroatoms. The van der Waals surface area contributed by atoms with Crippen LogP contribution in [-0.2, 0) is 11.3 Å². The molecule has 24 heavy (non-hydrogen) atoms. The van der Waals surface area contributed by atoms with Crippen molar-refractivity contribution >= 4 is 5.97 Å². The molecule has 2 unspecified atom stereocenters. The zero-order chi connectivity index (χ0) is 17.9. The molecule has 0 saturated carbocycles. The van der Waals surface area contributed by atoms with Crippen LogP contribution in [0.4, 0.5) is 17.6 Å². The average Bonchev–Trinajstić information content (AvgIpc) is 2.44. The molecule has 4 nitrogen and oxygen atoms in total. The van der Waals surface area contributed by atoms with Crippen LogP contribution in [0, 0.1) is 17.7 Å². The van der Waals surface area contributed by atoms with Gasteiger partial charge in [0.05, 0.1) is 5.92 Å². The fourth-order valence-corrected chi connectivity index (χ4v) is 2.95. The summed E-state index contributed by atoms with van der Waals surface area (Å²) in [4.78, 5) is 13.1. The molecule has 1 heterocycles. The Morgan fingerprint density at radius 2 is 2.08 bits per heavy atom. The van der Waals surface area contributed by atoms with Crippen molar-refractivity contribution in [2.75, 3.05) is 19.7 Å². The van der Waals surface area contributed by atoms with E-state index < -0.39 is 36.2 Å². The molecule has 0 spiro atoms. The molecule has 1 aromatic carbocycles. The molecule has 2 atom stereocenters. The highest BCUT2D eigenvalue weighted by Crippen LogP contribution is 2.26. The lowest BCUT2D eigenvalue weighted by Crippen LogP contribution is -2.41. The van der Waals surface area contributed by atoms with Crippen LogP contribution in [0.25, 0.3) is 0 Å². The maximum atomic E-state index is 13.9. The van der Waals surface area contributed by atoms with Crippen molar-refractivity contribution in [3.63, 3.8) is 0 Å². The van der Waals surface area contributed by atoms with Crippen molar-refractivity contribution in [1.82, 2.24) is 4.90 Å². The molecule has 1 aliphatic rings. The molecule has 1 fully saturated rings. The maximum Gasteiger partial charge on any atom is 0.422 e. The molecule has 0 bridgehead atoms. The van der Waals surface area contributed by atoms with Crippen molar-refractivity contribution in [2.45, 2.75) is 26.1 Å². The number of carboxylic acids is 1. The first kappa shape index (κ1) is 18.5. The number of ether oxygens (including phenoxy) is 1. The van der Waals surface area contributed by atoms with Crippen LogP contribution in [0.15, 0.2) is 18.2 Å². The highest BCUT2D eigenvalue weighted by molar-refractivity contribution is 5.70. The quantitative estimate of drug-likeness (QED) is 0.829. The number of halogens is 4. The van der Waals surface area contributed by atoms with E-state index in [0.717, 1.165) is 6.07 Å². The van der Waals surface area contributed by atoms with Crippen LogP contribution < -0.4 is 4.74 Å². The molecule has 0 aromatic heterocycles. The Labute approximate surface area is 137 Å². The summed E-state index contributed by atoms with van der Waals surface area (Å²) in [5.74, 6) is -2.43. The lowest BCUT2D eigenvalue weighted by Gasteiger charge is -2.34. The summed E-state index contributed by atoms with van der Waals surface area (Å²) in [6.45, 7) is 1.81. The highest BCUT2D eigenvalue weighted by Gasteiger charge is 2.30. The number of hydrogen-bond acceptors (Lipinski definition) is 3. The third-order valence-corrected chi connectivity index (χ3v) is 3.88. The fraction of sp³-hybridized carbons (Fsp3) is 0.562. The Hall–Kier alpha value is -1.83. The van der Waals surface area contributed by atoms with E-state index in [2.05, 4.69) is 4.74 Å². The van der Waals surface area contributed by atoms with Crippen molar-refractivity contribution in [3.8, 4) is 5.75 Å². The maximum absolute atomic E-state index is 13.9. The lowest BCUT2D eigenvalue weighted by atomic mass is 9.90. The van der Waals surface area contributed by atoms with E-state index in [-0.39, 0.29) is 5.92 Å². The molecule has 0 aliphatic carbocycles. The molecule has 134 valence electrons. The van der Waals surface area contributed by atoms with E-state index in [1.165, 1.54) is 12.1 Å². The Bertz CT molecular complexity index is 591. The molecule has 2 rings (SSSR count). The first-order valence-electron chi connectivity index (χ1n) is 7.57. The predicted molar refractivity (Wildman–Crippen MR) is 78.1 cm³/mol. The van der Waals surface area contributed by atoms with E-state index in [4.69, 9.17) is 5.11 Å². The average molecular weight is 349 g/mol. The second kappa shape index (κ2) is 7.38. The third-order valence-electron chi connectivity index (χ3n) is 3.88. The van der Waals surface area contributed by atoms with Gasteiger partial charge in [-0.25, -0.2) is 4.39 Å². The predicted octanol–water partition coefficient (Wildman–Crippen LogP) is 3.31. The van der Waals surface area contributed by atoms with Gasteiger partial charge in [-0.15, -0.1) is 0 Å². The van der Waals surface area contributed by atoms with E-state index in [0.29, 0.717) is 31.6 Å². The molecule has 1 N–H and O–H groups in total. The number of alkyl halides is 3. The number of benzene rings is 1. The third kappa shape index (κ3) is 5.36. The minimum Gasteiger partial charge on any atom is -0.481 e. The Kier molecular flexibility index (Phi) is 5.69. The van der Waals surface area contributed by atoms with Gasteiger partial charge in [0.1, 0.15) is 0 Å². The summed E-state index contributed by atoms with van der Waals surface area (Å²) >= 11 is 0. The van der Waals surface area contributed by atoms with Gasteiger partial charge in [-0.2, -0.15) is 13.2 Å². The smallest absolute Gasteiger partial charge is 0.422 e. The van der Waals surface area contributed by atoms with Gasteiger partial charge in [0.25, 0.3) is 0 Å². The number of rotatable bonds is 5. The molecular weight excluding hydrogens is 330 g/mol. The number of likely N-dealkylation sites (tertiary alicyclic amines) is 1. The molecule has 0 radical (unpaired) electrons. The fourth-order valence-electron chi connectivity index (χ4n) is 2.95. The van der Waals surface area contributed by atoms with E-state index in [1.54, 1.807) is 0 Å². The Morgan fingerprint density at radius 3 is 2.67 bits per heavy atom. The lowest BCUT2D eigenvalue weighted by molar-refractivity contribution is -0.153. The normalized spacial score (nSPS) is 22.4. The van der Waals surface area contributed by atoms with Gasteiger partial charge < -0.3 is 9.84 Å². The monoisotopic (exact) mass is 349 g/mol. The number of piperidine rings is 1. The van der Waals surface area contributed by atoms with Crippen LogP contribution in [-0.4, -0.2) is 41.8 Å². The zero-order valence-corrected chi connectivity index (χ0v) is 13.1. The molecular formula is C16H19F4NO3. The first-order valence-corrected chi connectivity index (χ1v) is 7.57. The zero-order valence-electron chi connectivity index (χ0n) is 13.1. The summed E-state index contributed by atoms with van der Waals surface area (Å²) < 4.78 is 54.6. The van der Waals surface area contributed by atoms with Gasteiger partial charge >= 0.3 is 12.1 Å². The summed E-state index contributed by atoms with van der Waals surface area (Å²) in [6, 6.07) is 3.78. The summed E-state index contributed by atoms with van der Waals surface area (Å²) in [7, 11) is 0. The second-order valence-electron chi connectivity index (χ2n) is 6.24. The molecule has 0 amide bonds. The number of carboxylic acid groups (broad SMARTS) is 1. The standard InChI is InChI=1S/C16H19F4NO3/c1-10-4-12(15(22)23)8-21(6-10)7-11-2-3-14(13(17)5-11)24-9-16(18,19)20/h2-3,5,10,12H,4,6-9H2,1H3,(H,22,23). The van der Waals surface area contributed by atoms with Gasteiger partial charge in [0.2, 0.25) is 0 Å². The molecule has 1 saturated heterocycles. The largest absolute Gasteiger partial charge is 0.481 e. The van der Waals surface area contributed by atoms with Crippen LogP contribution >= 0.6 is 0 Å². The molecule has 1 aliphatic heterocycles. The second-order valence-corrected chi connectivity index (χ2v) is 6.24. The topological polar surface area (TPSA) is 49.8 Å². The number of nitrogens with zero attached hydrogens (tertiary/aromatic N) is 1. The van der Waals surface area contributed by atoms with E-state index in [9.17, 15) is 22.4 Å². The van der Waals surface area contributed by atoms with Gasteiger partial charge in [-0.3, -0.25) is 9.69 Å². The first-order chi connectivity index (χ1) is 11.1. The van der Waals surface area contributed by atoms with Crippen molar-refractivity contribution in [2.24, 2.45) is 11.8 Å². The number of aliphatic carboxylic acids is 1.